The summed E-state index contributed by atoms with van der Waals surface area (Å²) in [4.78, 5) is 11.0. The molecule has 2 aromatic heterocycles. The highest BCUT2D eigenvalue weighted by molar-refractivity contribution is 7.22. The number of aryl methyl sites for hydroxylation is 1. The van der Waals surface area contributed by atoms with Gasteiger partial charge < -0.3 is 20.1 Å². The van der Waals surface area contributed by atoms with Crippen molar-refractivity contribution in [2.24, 2.45) is 5.73 Å². The first-order valence-electron chi connectivity index (χ1n) is 10.3. The van der Waals surface area contributed by atoms with Crippen molar-refractivity contribution in [2.75, 3.05) is 25.1 Å². The molecule has 0 aliphatic heterocycles. The molecule has 2 N–H and O–H groups in total. The third kappa shape index (κ3) is 4.96. The lowest BCUT2D eigenvalue weighted by molar-refractivity contribution is 0.283. The highest BCUT2D eigenvalue weighted by atomic mass is 35.5. The predicted molar refractivity (Wildman–Crippen MR) is 131 cm³/mol. The first kappa shape index (κ1) is 22.3. The van der Waals surface area contributed by atoms with Gasteiger partial charge in [-0.15, -0.1) is 0 Å². The Labute approximate surface area is 196 Å². The quantitative estimate of drug-likeness (QED) is 0.363. The molecule has 4 aromatic rings. The molecular weight excluding hydrogens is 444 g/mol. The van der Waals surface area contributed by atoms with Gasteiger partial charge in [-0.25, -0.2) is 4.98 Å². The van der Waals surface area contributed by atoms with Gasteiger partial charge in [0.1, 0.15) is 12.1 Å². The summed E-state index contributed by atoms with van der Waals surface area (Å²) >= 11 is 7.82. The van der Waals surface area contributed by atoms with E-state index < -0.39 is 0 Å². The van der Waals surface area contributed by atoms with Crippen molar-refractivity contribution in [3.63, 3.8) is 0 Å². The number of pyridine rings is 1. The average Bonchev–Trinajstić information content (AvgIpc) is 3.24. The molecule has 4 rings (SSSR count). The third-order valence-corrected chi connectivity index (χ3v) is 6.49. The molecule has 0 unspecified atom stereocenters. The van der Waals surface area contributed by atoms with Crippen molar-refractivity contribution in [2.45, 2.75) is 20.1 Å². The van der Waals surface area contributed by atoms with Gasteiger partial charge in [0.15, 0.2) is 16.6 Å². The van der Waals surface area contributed by atoms with E-state index in [2.05, 4.69) is 28.9 Å². The fourth-order valence-corrected chi connectivity index (χ4v) is 4.66. The zero-order valence-corrected chi connectivity index (χ0v) is 19.6. The second-order valence-corrected chi connectivity index (χ2v) is 8.79. The Hall–Kier alpha value is -2.87. The zero-order valence-electron chi connectivity index (χ0n) is 18.0. The van der Waals surface area contributed by atoms with Gasteiger partial charge in [-0.3, -0.25) is 4.98 Å². The number of nitrogens with zero attached hydrogens (tertiary/aromatic N) is 3. The van der Waals surface area contributed by atoms with Crippen LogP contribution in [-0.4, -0.2) is 30.2 Å². The molecule has 2 heterocycles. The number of hydrogen-bond acceptors (Lipinski definition) is 7. The van der Waals surface area contributed by atoms with Crippen LogP contribution in [0, 0.1) is 6.92 Å². The van der Waals surface area contributed by atoms with E-state index in [9.17, 15) is 0 Å². The number of halogens is 1. The number of nitrogens with two attached hydrogens (primary N) is 1. The summed E-state index contributed by atoms with van der Waals surface area (Å²) in [5, 5.41) is 1.41. The van der Waals surface area contributed by atoms with Gasteiger partial charge in [0, 0.05) is 32.0 Å². The lowest BCUT2D eigenvalue weighted by Gasteiger charge is -2.22. The molecule has 0 aliphatic rings. The summed E-state index contributed by atoms with van der Waals surface area (Å²) in [5.41, 5.74) is 10.1. The van der Waals surface area contributed by atoms with Crippen LogP contribution in [0.5, 0.6) is 11.5 Å². The molecule has 166 valence electrons. The Bertz CT molecular complexity index is 1210. The summed E-state index contributed by atoms with van der Waals surface area (Å²) in [6, 6.07) is 14.2. The van der Waals surface area contributed by atoms with Crippen LogP contribution in [0.25, 0.3) is 10.2 Å². The van der Waals surface area contributed by atoms with Crippen molar-refractivity contribution in [3.8, 4) is 11.5 Å². The van der Waals surface area contributed by atoms with Gasteiger partial charge in [-0.05, 0) is 35.7 Å². The van der Waals surface area contributed by atoms with Gasteiger partial charge in [-0.2, -0.15) is 0 Å². The number of aromatic nitrogens is 2. The molecule has 32 heavy (non-hydrogen) atoms. The van der Waals surface area contributed by atoms with Crippen LogP contribution in [0.1, 0.15) is 16.7 Å². The van der Waals surface area contributed by atoms with Gasteiger partial charge in [0.2, 0.25) is 0 Å². The maximum atomic E-state index is 6.26. The van der Waals surface area contributed by atoms with Crippen LogP contribution in [0.3, 0.4) is 0 Å². The molecule has 0 bridgehead atoms. The van der Waals surface area contributed by atoms with Crippen molar-refractivity contribution in [3.05, 3.63) is 76.6 Å². The average molecular weight is 469 g/mol. The number of hydrogen-bond donors (Lipinski definition) is 1. The van der Waals surface area contributed by atoms with E-state index in [1.165, 1.54) is 5.56 Å². The molecule has 0 fully saturated rings. The third-order valence-electron chi connectivity index (χ3n) is 5.16. The van der Waals surface area contributed by atoms with Gasteiger partial charge in [0.05, 0.1) is 16.8 Å². The van der Waals surface area contributed by atoms with Crippen LogP contribution in [0.15, 0.2) is 54.9 Å². The Kier molecular flexibility index (Phi) is 7.09. The summed E-state index contributed by atoms with van der Waals surface area (Å²) in [7, 11) is 1.65. The Morgan fingerprint density at radius 2 is 1.97 bits per heavy atom. The molecule has 2 aromatic carbocycles. The van der Waals surface area contributed by atoms with Gasteiger partial charge in [-0.1, -0.05) is 53.3 Å². The Balaban J connectivity index is 1.53. The number of ether oxygens (including phenoxy) is 2. The molecule has 0 spiro atoms. The predicted octanol–water partition coefficient (Wildman–Crippen LogP) is 5.21. The number of thiazole rings is 1. The zero-order chi connectivity index (χ0) is 22.5. The van der Waals surface area contributed by atoms with Gasteiger partial charge >= 0.3 is 0 Å². The summed E-state index contributed by atoms with van der Waals surface area (Å²) in [6.07, 6.45) is 3.40. The standard InChI is InChI=1S/C24H25ClN4O2S/c1-16-5-3-4-6-18(16)15-31-20-8-7-17(11-21(20)30-2)14-29(10-9-26)24-28-23-19(25)12-27-13-22(23)32-24/h3-8,11-13H,9-10,14-15,26H2,1-2H3. The SMILES string of the molecule is COc1cc(CN(CCN)c2nc3c(Cl)cncc3s2)ccc1OCc1ccccc1C. The smallest absolute Gasteiger partial charge is 0.186 e. The molecule has 0 saturated carbocycles. The molecule has 6 nitrogen and oxygen atoms in total. The molecule has 0 aliphatic carbocycles. The van der Waals surface area contributed by atoms with E-state index in [4.69, 9.17) is 31.8 Å². The van der Waals surface area contributed by atoms with Gasteiger partial charge in [0.25, 0.3) is 0 Å². The summed E-state index contributed by atoms with van der Waals surface area (Å²) in [6.45, 7) is 4.38. The molecular formula is C24H25ClN4O2S. The van der Waals surface area contributed by atoms with Crippen LogP contribution in [-0.2, 0) is 13.2 Å². The normalized spacial score (nSPS) is 11.0. The Morgan fingerprint density at radius 3 is 2.72 bits per heavy atom. The van der Waals surface area contributed by atoms with Crippen molar-refractivity contribution < 1.29 is 9.47 Å². The van der Waals surface area contributed by atoms with E-state index >= 15 is 0 Å². The maximum absolute atomic E-state index is 6.26. The number of methoxy groups -OCH3 is 1. The highest BCUT2D eigenvalue weighted by Crippen LogP contribution is 2.34. The first-order valence-corrected chi connectivity index (χ1v) is 11.5. The topological polar surface area (TPSA) is 73.5 Å². The molecule has 8 heteroatoms. The van der Waals surface area contributed by atoms with Crippen LogP contribution >= 0.6 is 22.9 Å². The minimum atomic E-state index is 0.488. The summed E-state index contributed by atoms with van der Waals surface area (Å²) < 4.78 is 12.6. The van der Waals surface area contributed by atoms with E-state index in [1.54, 1.807) is 30.8 Å². The van der Waals surface area contributed by atoms with E-state index in [-0.39, 0.29) is 0 Å². The number of benzene rings is 2. The van der Waals surface area contributed by atoms with Crippen LogP contribution < -0.4 is 20.1 Å². The monoisotopic (exact) mass is 468 g/mol. The lowest BCUT2D eigenvalue weighted by atomic mass is 10.1. The highest BCUT2D eigenvalue weighted by Gasteiger charge is 2.16. The lowest BCUT2D eigenvalue weighted by Crippen LogP contribution is -2.28. The second kappa shape index (κ2) is 10.2. The molecule has 0 amide bonds. The fraction of sp³-hybridized carbons (Fsp3) is 0.250. The van der Waals surface area contributed by atoms with Crippen LogP contribution in [0.2, 0.25) is 5.02 Å². The first-order chi connectivity index (χ1) is 15.6. The molecule has 0 saturated heterocycles. The fourth-order valence-electron chi connectivity index (χ4n) is 3.42. The van der Waals surface area contributed by atoms with Crippen molar-refractivity contribution in [1.82, 2.24) is 9.97 Å². The summed E-state index contributed by atoms with van der Waals surface area (Å²) in [5.74, 6) is 1.41. The minimum absolute atomic E-state index is 0.488. The molecule has 0 atom stereocenters. The largest absolute Gasteiger partial charge is 0.493 e. The van der Waals surface area contributed by atoms with Crippen molar-refractivity contribution in [1.29, 1.82) is 0 Å². The minimum Gasteiger partial charge on any atom is -0.493 e. The van der Waals surface area contributed by atoms with E-state index in [1.807, 2.05) is 30.3 Å². The Morgan fingerprint density at radius 1 is 1.12 bits per heavy atom. The number of rotatable bonds is 9. The second-order valence-electron chi connectivity index (χ2n) is 7.38. The number of fused-ring (bicyclic) bond motifs is 1. The van der Waals surface area contributed by atoms with E-state index in [0.717, 1.165) is 26.5 Å². The van der Waals surface area contributed by atoms with E-state index in [0.29, 0.717) is 42.8 Å². The molecule has 0 radical (unpaired) electrons. The number of anilines is 1. The van der Waals surface area contributed by atoms with Crippen LogP contribution in [0.4, 0.5) is 5.13 Å². The maximum Gasteiger partial charge on any atom is 0.186 e. The van der Waals surface area contributed by atoms with Crippen molar-refractivity contribution >= 4 is 38.3 Å².